The summed E-state index contributed by atoms with van der Waals surface area (Å²) < 4.78 is 11.6. The monoisotopic (exact) mass is 632 g/mol. The van der Waals surface area contributed by atoms with Crippen molar-refractivity contribution in [3.05, 3.63) is 47.6 Å². The largest absolute Gasteiger partial charge is 0.508 e. The van der Waals surface area contributed by atoms with Gasteiger partial charge >= 0.3 is 11.9 Å². The summed E-state index contributed by atoms with van der Waals surface area (Å²) in [6, 6.07) is 6.65. The molecular weight excluding hydrogens is 576 g/mol. The fourth-order valence-corrected chi connectivity index (χ4v) is 12.3. The molecule has 0 bridgehead atoms. The molecule has 4 fully saturated rings. The van der Waals surface area contributed by atoms with Crippen LogP contribution in [-0.4, -0.2) is 41.5 Å². The van der Waals surface area contributed by atoms with E-state index in [2.05, 4.69) is 54.5 Å². The number of fused-ring (bicyclic) bond motifs is 7. The van der Waals surface area contributed by atoms with Crippen molar-refractivity contribution < 1.29 is 29.3 Å². The van der Waals surface area contributed by atoms with Crippen LogP contribution >= 0.6 is 0 Å². The lowest BCUT2D eigenvalue weighted by molar-refractivity contribution is -0.238. The molecule has 46 heavy (non-hydrogen) atoms. The molecule has 6 nitrogen and oxygen atoms in total. The zero-order valence-electron chi connectivity index (χ0n) is 29.3. The number of aliphatic hydroxyl groups is 1. The van der Waals surface area contributed by atoms with E-state index in [4.69, 9.17) is 9.47 Å². The molecule has 252 valence electrons. The fraction of sp³-hybridized carbons (Fsp3) is 0.700. The van der Waals surface area contributed by atoms with Crippen LogP contribution in [0.3, 0.4) is 0 Å². The summed E-state index contributed by atoms with van der Waals surface area (Å²) in [7, 11) is 1.56. The van der Waals surface area contributed by atoms with Gasteiger partial charge in [0.05, 0.1) is 18.6 Å². The van der Waals surface area contributed by atoms with Crippen molar-refractivity contribution in [2.75, 3.05) is 7.11 Å². The first-order valence-corrected chi connectivity index (χ1v) is 17.7. The molecule has 6 heteroatoms. The molecule has 0 amide bonds. The topological polar surface area (TPSA) is 93.1 Å². The Kier molecular flexibility index (Phi) is 8.14. The summed E-state index contributed by atoms with van der Waals surface area (Å²) in [4.78, 5) is 26.6. The lowest BCUT2D eigenvalue weighted by Crippen LogP contribution is -2.67. The molecule has 6 rings (SSSR count). The summed E-state index contributed by atoms with van der Waals surface area (Å²) in [5, 5.41) is 21.3. The van der Waals surface area contributed by atoms with Gasteiger partial charge in [-0.3, -0.25) is 4.79 Å². The van der Waals surface area contributed by atoms with Crippen LogP contribution in [0, 0.1) is 56.7 Å². The van der Waals surface area contributed by atoms with Crippen LogP contribution in [0.25, 0.3) is 6.08 Å². The Morgan fingerprint density at radius 1 is 0.935 bits per heavy atom. The molecule has 11 atom stereocenters. The van der Waals surface area contributed by atoms with E-state index in [9.17, 15) is 19.8 Å². The Morgan fingerprint density at radius 2 is 1.63 bits per heavy atom. The molecule has 5 aliphatic rings. The number of methoxy groups -OCH3 is 1. The normalized spacial score (nSPS) is 44.5. The molecule has 0 heterocycles. The van der Waals surface area contributed by atoms with E-state index in [1.165, 1.54) is 11.6 Å². The van der Waals surface area contributed by atoms with Crippen molar-refractivity contribution in [2.24, 2.45) is 56.7 Å². The van der Waals surface area contributed by atoms with Gasteiger partial charge in [0, 0.05) is 11.5 Å². The summed E-state index contributed by atoms with van der Waals surface area (Å²) in [6.07, 6.45) is 11.8. The second kappa shape index (κ2) is 11.2. The molecule has 0 aromatic heterocycles. The van der Waals surface area contributed by atoms with Crippen LogP contribution in [-0.2, 0) is 19.1 Å². The molecule has 0 unspecified atom stereocenters. The summed E-state index contributed by atoms with van der Waals surface area (Å²) in [5.74, 6) is 1.54. The first-order chi connectivity index (χ1) is 21.5. The van der Waals surface area contributed by atoms with Crippen LogP contribution in [0.1, 0.15) is 105 Å². The van der Waals surface area contributed by atoms with Crippen LogP contribution in [0.2, 0.25) is 0 Å². The molecule has 4 saturated carbocycles. The van der Waals surface area contributed by atoms with Gasteiger partial charge in [-0.15, -0.1) is 0 Å². The average Bonchev–Trinajstić information content (AvgIpc) is 3.00. The highest BCUT2D eigenvalue weighted by molar-refractivity contribution is 5.87. The van der Waals surface area contributed by atoms with Gasteiger partial charge in [0.15, 0.2) is 0 Å². The summed E-state index contributed by atoms with van der Waals surface area (Å²) >= 11 is 0. The van der Waals surface area contributed by atoms with Gasteiger partial charge in [-0.2, -0.15) is 0 Å². The van der Waals surface area contributed by atoms with Crippen molar-refractivity contribution in [1.29, 1.82) is 0 Å². The minimum atomic E-state index is -0.764. The number of hydrogen-bond donors (Lipinski definition) is 2. The van der Waals surface area contributed by atoms with Crippen molar-refractivity contribution >= 4 is 18.0 Å². The van der Waals surface area contributed by atoms with Gasteiger partial charge in [-0.25, -0.2) is 4.79 Å². The van der Waals surface area contributed by atoms with Gasteiger partial charge in [0.2, 0.25) is 0 Å². The van der Waals surface area contributed by atoms with Gasteiger partial charge in [0.1, 0.15) is 11.9 Å². The molecule has 1 aromatic carbocycles. The number of phenolic OH excluding ortho intramolecular Hbond substituents is 1. The lowest BCUT2D eigenvalue weighted by Gasteiger charge is -2.71. The predicted octanol–water partition coefficient (Wildman–Crippen LogP) is 8.12. The number of hydrogen-bond acceptors (Lipinski definition) is 6. The van der Waals surface area contributed by atoms with E-state index in [1.807, 2.05) is 0 Å². The average molecular weight is 633 g/mol. The number of aliphatic hydroxyl groups excluding tert-OH is 1. The van der Waals surface area contributed by atoms with E-state index in [0.717, 1.165) is 50.5 Å². The number of phenols is 1. The second-order valence-corrected chi connectivity index (χ2v) is 17.2. The van der Waals surface area contributed by atoms with E-state index in [1.54, 1.807) is 37.5 Å². The highest BCUT2D eigenvalue weighted by atomic mass is 16.6. The Morgan fingerprint density at radius 3 is 2.30 bits per heavy atom. The molecule has 0 aliphatic heterocycles. The highest BCUT2D eigenvalue weighted by Crippen LogP contribution is 2.76. The van der Waals surface area contributed by atoms with Gasteiger partial charge in [-0.05, 0) is 121 Å². The highest BCUT2D eigenvalue weighted by Gasteiger charge is 2.70. The minimum Gasteiger partial charge on any atom is -0.508 e. The first-order valence-electron chi connectivity index (χ1n) is 17.7. The lowest BCUT2D eigenvalue weighted by atomic mass is 9.33. The standard InChI is InChI=1S/C40H56O6/c1-24-17-20-40(35(44)45-8)22-21-38(6)28(33(40)25(24)2)14-15-31-37(5)23-29(42)34(36(3,4)30(37)18-19-39(31,38)7)46-32(43)16-11-26-9-12-27(41)13-10-26/h9-14,16,24-25,29-31,33-34,41-42H,15,17-23H2,1-8H3/t24-,25-,29-,30-,31+,33-,34+,37+,38-,39-,40-/m1/s1. The van der Waals surface area contributed by atoms with Crippen LogP contribution < -0.4 is 0 Å². The predicted molar refractivity (Wildman–Crippen MR) is 179 cm³/mol. The number of allylic oxidation sites excluding steroid dienone is 2. The van der Waals surface area contributed by atoms with Crippen LogP contribution in [0.15, 0.2) is 42.0 Å². The van der Waals surface area contributed by atoms with Gasteiger partial charge in [0.25, 0.3) is 0 Å². The quantitative estimate of drug-likeness (QED) is 0.198. The van der Waals surface area contributed by atoms with Crippen molar-refractivity contribution in [3.8, 4) is 5.75 Å². The third kappa shape index (κ3) is 4.66. The fourth-order valence-electron chi connectivity index (χ4n) is 12.3. The Hall–Kier alpha value is -2.60. The number of benzene rings is 1. The molecule has 0 spiro atoms. The number of carbonyl (C=O) groups excluding carboxylic acids is 2. The SMILES string of the molecule is COC(=O)[C@@]12CC[C@@H](C)[C@@H](C)[C@@H]1C1=CC[C@H]3[C@@]4(C)C[C@@H](O)[C@H](OC(=O)C=Cc5ccc(O)cc5)C(C)(C)[C@H]4CC[C@@]3(C)[C@]1(C)CC2. The van der Waals surface area contributed by atoms with Crippen molar-refractivity contribution in [2.45, 2.75) is 112 Å². The first kappa shape index (κ1) is 33.3. The Labute approximate surface area is 276 Å². The molecule has 2 N–H and O–H groups in total. The minimum absolute atomic E-state index is 0.0159. The molecular formula is C40H56O6. The van der Waals surface area contributed by atoms with Gasteiger partial charge in [-0.1, -0.05) is 72.2 Å². The van der Waals surface area contributed by atoms with Crippen LogP contribution in [0.5, 0.6) is 5.75 Å². The number of rotatable bonds is 4. The van der Waals surface area contributed by atoms with Crippen LogP contribution in [0.4, 0.5) is 0 Å². The number of esters is 2. The number of aromatic hydroxyl groups is 1. The number of ether oxygens (including phenoxy) is 2. The maximum absolute atomic E-state index is 13.6. The maximum atomic E-state index is 13.6. The Bertz CT molecular complexity index is 1430. The third-order valence-corrected chi connectivity index (χ3v) is 15.0. The molecule has 0 saturated heterocycles. The number of carbonyl (C=O) groups is 2. The molecule has 1 aromatic rings. The summed E-state index contributed by atoms with van der Waals surface area (Å²) in [5.41, 5.74) is 1.32. The maximum Gasteiger partial charge on any atom is 0.331 e. The smallest absolute Gasteiger partial charge is 0.331 e. The Balaban J connectivity index is 1.30. The zero-order chi connectivity index (χ0) is 33.4. The van der Waals surface area contributed by atoms with E-state index < -0.39 is 29.0 Å². The third-order valence-electron chi connectivity index (χ3n) is 15.0. The molecule has 5 aliphatic carbocycles. The van der Waals surface area contributed by atoms with Crippen molar-refractivity contribution in [1.82, 2.24) is 0 Å². The zero-order valence-corrected chi connectivity index (χ0v) is 29.3. The van der Waals surface area contributed by atoms with E-state index in [-0.39, 0.29) is 39.8 Å². The second-order valence-electron chi connectivity index (χ2n) is 17.2. The van der Waals surface area contributed by atoms with E-state index >= 15 is 0 Å². The van der Waals surface area contributed by atoms with Gasteiger partial charge < -0.3 is 19.7 Å². The molecule has 0 radical (unpaired) electrons. The summed E-state index contributed by atoms with van der Waals surface area (Å²) in [6.45, 7) is 16.5. The van der Waals surface area contributed by atoms with E-state index in [0.29, 0.717) is 24.2 Å². The van der Waals surface area contributed by atoms with Crippen molar-refractivity contribution in [3.63, 3.8) is 0 Å².